The average Bonchev–Trinajstić information content (AvgIpc) is 3.29. The Morgan fingerprint density at radius 2 is 1.79 bits per heavy atom. The monoisotopic (exact) mass is 416 g/mol. The number of rotatable bonds is 4. The lowest BCUT2D eigenvalue weighted by Gasteiger charge is -2.34. The van der Waals surface area contributed by atoms with Gasteiger partial charge < -0.3 is 10.0 Å². The summed E-state index contributed by atoms with van der Waals surface area (Å²) in [4.78, 5) is 11.0. The Labute approximate surface area is 172 Å². The number of aliphatic hydroxyl groups is 1. The molecule has 1 aromatic heterocycles. The zero-order valence-corrected chi connectivity index (χ0v) is 18.1. The summed E-state index contributed by atoms with van der Waals surface area (Å²) in [6, 6.07) is 9.09. The van der Waals surface area contributed by atoms with E-state index < -0.39 is 16.1 Å². The molecular formula is C21H28N4O3S. The maximum Gasteiger partial charge on any atom is 0.243 e. The summed E-state index contributed by atoms with van der Waals surface area (Å²) in [6.07, 6.45) is 1.69. The fraction of sp³-hybridized carbons (Fsp3) is 0.524. The normalized spacial score (nSPS) is 23.6. The Kier molecular flexibility index (Phi) is 4.91. The molecule has 7 nitrogen and oxygen atoms in total. The van der Waals surface area contributed by atoms with Crippen LogP contribution in [-0.2, 0) is 15.4 Å². The van der Waals surface area contributed by atoms with Crippen molar-refractivity contribution in [2.45, 2.75) is 62.6 Å². The number of hydrogen-bond acceptors (Lipinski definition) is 6. The number of anilines is 1. The molecular weight excluding hydrogens is 388 g/mol. The number of sulfonamides is 1. The van der Waals surface area contributed by atoms with Crippen LogP contribution in [0.1, 0.15) is 51.6 Å². The summed E-state index contributed by atoms with van der Waals surface area (Å²) in [5.41, 5.74) is 1.10. The van der Waals surface area contributed by atoms with Crippen molar-refractivity contribution in [1.29, 1.82) is 0 Å². The first kappa shape index (κ1) is 20.3. The summed E-state index contributed by atoms with van der Waals surface area (Å²) in [6.45, 7) is 9.01. The lowest BCUT2D eigenvalue weighted by atomic mass is 9.87. The molecule has 2 aliphatic rings. The van der Waals surface area contributed by atoms with Crippen LogP contribution in [0.3, 0.4) is 0 Å². The fourth-order valence-electron chi connectivity index (χ4n) is 4.19. The molecule has 4 rings (SSSR count). The highest BCUT2D eigenvalue weighted by Gasteiger charge is 2.48. The number of aliphatic hydroxyl groups excluding tert-OH is 1. The second-order valence-corrected chi connectivity index (χ2v) is 10.9. The highest BCUT2D eigenvalue weighted by molar-refractivity contribution is 7.89. The molecule has 2 bridgehead atoms. The predicted octanol–water partition coefficient (Wildman–Crippen LogP) is 2.48. The highest BCUT2D eigenvalue weighted by Crippen LogP contribution is 2.37. The Bertz CT molecular complexity index is 999. The quantitative estimate of drug-likeness (QED) is 0.824. The first-order valence-electron chi connectivity index (χ1n) is 9.97. The average molecular weight is 417 g/mol. The smallest absolute Gasteiger partial charge is 0.243 e. The summed E-state index contributed by atoms with van der Waals surface area (Å²) >= 11 is 0. The van der Waals surface area contributed by atoms with Gasteiger partial charge in [-0.2, -0.15) is 4.31 Å². The van der Waals surface area contributed by atoms with E-state index in [4.69, 9.17) is 0 Å². The number of hydrogen-bond donors (Lipinski definition) is 1. The van der Waals surface area contributed by atoms with E-state index in [0.29, 0.717) is 23.8 Å². The van der Waals surface area contributed by atoms with Crippen LogP contribution in [0.5, 0.6) is 0 Å². The van der Waals surface area contributed by atoms with Gasteiger partial charge >= 0.3 is 0 Å². The van der Waals surface area contributed by atoms with Gasteiger partial charge in [0.1, 0.15) is 11.9 Å². The van der Waals surface area contributed by atoms with Crippen molar-refractivity contribution in [3.05, 3.63) is 47.9 Å². The standard InChI is InChI=1S/C21H28N4O3S/c1-14(26)20-22-10-9-19(23-20)24-12-17-11-16(24)13-25(17)29(27,28)18-7-5-15(6-8-18)21(2,3)4/h5-10,14,16-17,26H,11-13H2,1-4H3/t14-,16+,17+/m1/s1. The molecule has 0 unspecified atom stereocenters. The fourth-order valence-corrected chi connectivity index (χ4v) is 5.86. The number of fused-ring (bicyclic) bond motifs is 2. The number of benzene rings is 1. The van der Waals surface area contributed by atoms with Crippen molar-refractivity contribution in [3.63, 3.8) is 0 Å². The number of nitrogens with zero attached hydrogens (tertiary/aromatic N) is 4. The van der Waals surface area contributed by atoms with Gasteiger partial charge in [0.2, 0.25) is 10.0 Å². The van der Waals surface area contributed by atoms with Crippen molar-refractivity contribution < 1.29 is 13.5 Å². The van der Waals surface area contributed by atoms with Gasteiger partial charge in [-0.3, -0.25) is 0 Å². The van der Waals surface area contributed by atoms with E-state index in [1.807, 2.05) is 18.2 Å². The Hall–Kier alpha value is -2.03. The van der Waals surface area contributed by atoms with Gasteiger partial charge in [-0.25, -0.2) is 18.4 Å². The van der Waals surface area contributed by atoms with Crippen LogP contribution in [0, 0.1) is 0 Å². The van der Waals surface area contributed by atoms with Gasteiger partial charge in [0, 0.05) is 31.4 Å². The van der Waals surface area contributed by atoms with Gasteiger partial charge in [-0.15, -0.1) is 0 Å². The number of piperazine rings is 1. The van der Waals surface area contributed by atoms with Crippen LogP contribution in [0.2, 0.25) is 0 Å². The minimum Gasteiger partial charge on any atom is -0.385 e. The van der Waals surface area contributed by atoms with Crippen molar-refractivity contribution in [2.75, 3.05) is 18.0 Å². The van der Waals surface area contributed by atoms with Crippen molar-refractivity contribution in [1.82, 2.24) is 14.3 Å². The maximum absolute atomic E-state index is 13.2. The molecule has 1 N–H and O–H groups in total. The van der Waals surface area contributed by atoms with Gasteiger partial charge in [-0.1, -0.05) is 32.9 Å². The molecule has 156 valence electrons. The number of aromatic nitrogens is 2. The van der Waals surface area contributed by atoms with Crippen molar-refractivity contribution >= 4 is 15.8 Å². The molecule has 0 spiro atoms. The molecule has 2 aromatic rings. The molecule has 3 atom stereocenters. The summed E-state index contributed by atoms with van der Waals surface area (Å²) in [5, 5.41) is 9.74. The Balaban J connectivity index is 1.53. The van der Waals surface area contributed by atoms with Crippen molar-refractivity contribution in [2.24, 2.45) is 0 Å². The molecule has 29 heavy (non-hydrogen) atoms. The van der Waals surface area contributed by atoms with Crippen LogP contribution < -0.4 is 4.90 Å². The topological polar surface area (TPSA) is 86.6 Å². The third kappa shape index (κ3) is 3.65. The van der Waals surface area contributed by atoms with Crippen LogP contribution in [0.15, 0.2) is 41.4 Å². The SMILES string of the molecule is C[C@@H](O)c1nccc(N2C[C@@H]3C[C@H]2CN3S(=O)(=O)c2ccc(C(C)(C)C)cc2)n1. The van der Waals surface area contributed by atoms with Crippen molar-refractivity contribution in [3.8, 4) is 0 Å². The molecule has 0 saturated carbocycles. The van der Waals surface area contributed by atoms with Gasteiger partial charge in [0.05, 0.1) is 4.90 Å². The van der Waals surface area contributed by atoms with Crippen LogP contribution in [-0.4, -0.2) is 53.0 Å². The molecule has 2 aliphatic heterocycles. The third-order valence-corrected chi connectivity index (χ3v) is 7.78. The highest BCUT2D eigenvalue weighted by atomic mass is 32.2. The molecule has 8 heteroatoms. The zero-order chi connectivity index (χ0) is 21.0. The van der Waals surface area contributed by atoms with E-state index in [-0.39, 0.29) is 17.5 Å². The van der Waals surface area contributed by atoms with E-state index in [2.05, 4.69) is 35.6 Å². The van der Waals surface area contributed by atoms with E-state index in [1.165, 1.54) is 0 Å². The summed E-state index contributed by atoms with van der Waals surface area (Å²) < 4.78 is 28.1. The second-order valence-electron chi connectivity index (χ2n) is 8.99. The Morgan fingerprint density at radius 1 is 1.10 bits per heavy atom. The zero-order valence-electron chi connectivity index (χ0n) is 17.3. The summed E-state index contributed by atoms with van der Waals surface area (Å²) in [5.74, 6) is 1.13. The molecule has 0 amide bonds. The predicted molar refractivity (Wildman–Crippen MR) is 111 cm³/mol. The molecule has 1 aromatic carbocycles. The first-order chi connectivity index (χ1) is 13.6. The van der Waals surface area contributed by atoms with E-state index in [1.54, 1.807) is 29.6 Å². The first-order valence-corrected chi connectivity index (χ1v) is 11.4. The van der Waals surface area contributed by atoms with Gasteiger partial charge in [-0.05, 0) is 42.5 Å². The molecule has 0 aliphatic carbocycles. The van der Waals surface area contributed by atoms with Crippen LogP contribution in [0.4, 0.5) is 5.82 Å². The lowest BCUT2D eigenvalue weighted by Crippen LogP contribution is -2.49. The van der Waals surface area contributed by atoms with E-state index in [9.17, 15) is 13.5 Å². The minimum atomic E-state index is -3.53. The van der Waals surface area contributed by atoms with Gasteiger partial charge in [0.25, 0.3) is 0 Å². The van der Waals surface area contributed by atoms with E-state index >= 15 is 0 Å². The largest absolute Gasteiger partial charge is 0.385 e. The van der Waals surface area contributed by atoms with Crippen LogP contribution >= 0.6 is 0 Å². The lowest BCUT2D eigenvalue weighted by molar-refractivity contribution is 0.189. The van der Waals surface area contributed by atoms with E-state index in [0.717, 1.165) is 17.8 Å². The third-order valence-electron chi connectivity index (χ3n) is 5.84. The molecule has 2 fully saturated rings. The molecule has 0 radical (unpaired) electrons. The molecule has 3 heterocycles. The second kappa shape index (κ2) is 7.04. The maximum atomic E-state index is 13.2. The minimum absolute atomic E-state index is 0.0159. The van der Waals surface area contributed by atoms with Crippen LogP contribution in [0.25, 0.3) is 0 Å². The van der Waals surface area contributed by atoms with Gasteiger partial charge in [0.15, 0.2) is 5.82 Å². The summed E-state index contributed by atoms with van der Waals surface area (Å²) in [7, 11) is -3.53. The Morgan fingerprint density at radius 3 is 2.34 bits per heavy atom. The molecule has 2 saturated heterocycles.